The van der Waals surface area contributed by atoms with Gasteiger partial charge >= 0.3 is 0 Å². The van der Waals surface area contributed by atoms with Crippen LogP contribution in [0.15, 0.2) is 12.3 Å². The molecule has 0 radical (unpaired) electrons. The van der Waals surface area contributed by atoms with Crippen molar-refractivity contribution in [3.05, 3.63) is 18.0 Å². The summed E-state index contributed by atoms with van der Waals surface area (Å²) in [6.07, 6.45) is 4.06. The van der Waals surface area contributed by atoms with Gasteiger partial charge in [0.05, 0.1) is 18.3 Å². The van der Waals surface area contributed by atoms with E-state index in [2.05, 4.69) is 10.4 Å². The molecule has 2 aliphatic rings. The number of amides is 2. The number of carbonyl (C=O) groups excluding carboxylic acids is 2. The van der Waals surface area contributed by atoms with E-state index in [4.69, 9.17) is 9.47 Å². The lowest BCUT2D eigenvalue weighted by Gasteiger charge is -2.38. The van der Waals surface area contributed by atoms with Crippen molar-refractivity contribution < 1.29 is 19.1 Å². The van der Waals surface area contributed by atoms with Gasteiger partial charge in [0.1, 0.15) is 12.3 Å². The highest BCUT2D eigenvalue weighted by Gasteiger charge is 2.44. The van der Waals surface area contributed by atoms with Gasteiger partial charge in [-0.3, -0.25) is 14.3 Å². The maximum absolute atomic E-state index is 12.4. The van der Waals surface area contributed by atoms with E-state index < -0.39 is 0 Å². The van der Waals surface area contributed by atoms with Crippen LogP contribution in [0, 0.1) is 0 Å². The van der Waals surface area contributed by atoms with Crippen LogP contribution in [0.25, 0.3) is 0 Å². The van der Waals surface area contributed by atoms with E-state index in [0.717, 1.165) is 19.3 Å². The lowest BCUT2D eigenvalue weighted by atomic mass is 9.88. The van der Waals surface area contributed by atoms with Crippen LogP contribution in [-0.2, 0) is 21.3 Å². The lowest BCUT2D eigenvalue weighted by Crippen LogP contribution is -2.46. The van der Waals surface area contributed by atoms with Gasteiger partial charge in [0.25, 0.3) is 5.91 Å². The summed E-state index contributed by atoms with van der Waals surface area (Å²) >= 11 is 0. The molecule has 0 aliphatic carbocycles. The second-order valence-electron chi connectivity index (χ2n) is 6.47. The van der Waals surface area contributed by atoms with Crippen molar-refractivity contribution in [2.45, 2.75) is 31.0 Å². The molecular weight excluding hydrogens is 312 g/mol. The molecule has 8 heteroatoms. The quantitative estimate of drug-likeness (QED) is 0.833. The number of carbonyl (C=O) groups is 2. The van der Waals surface area contributed by atoms with Gasteiger partial charge in [-0.2, -0.15) is 5.10 Å². The van der Waals surface area contributed by atoms with Crippen molar-refractivity contribution >= 4 is 11.8 Å². The maximum atomic E-state index is 12.4. The molecule has 1 spiro atoms. The molecule has 132 valence electrons. The second kappa shape index (κ2) is 6.90. The summed E-state index contributed by atoms with van der Waals surface area (Å²) in [6, 6.07) is 1.74. The van der Waals surface area contributed by atoms with Gasteiger partial charge in [0.2, 0.25) is 5.91 Å². The minimum absolute atomic E-state index is 0.0316. The molecule has 3 rings (SSSR count). The summed E-state index contributed by atoms with van der Waals surface area (Å²) in [7, 11) is 3.39. The fourth-order valence-electron chi connectivity index (χ4n) is 3.33. The number of likely N-dealkylation sites (tertiary alicyclic amines) is 1. The van der Waals surface area contributed by atoms with Crippen LogP contribution in [0.3, 0.4) is 0 Å². The molecule has 1 aromatic rings. The van der Waals surface area contributed by atoms with E-state index in [-0.39, 0.29) is 30.1 Å². The zero-order valence-electron chi connectivity index (χ0n) is 14.2. The van der Waals surface area contributed by atoms with Crippen LogP contribution in [0.4, 0.5) is 0 Å². The van der Waals surface area contributed by atoms with Gasteiger partial charge in [-0.1, -0.05) is 0 Å². The van der Waals surface area contributed by atoms with Gasteiger partial charge in [-0.15, -0.1) is 0 Å². The Hall–Kier alpha value is -1.93. The molecule has 3 heterocycles. The molecule has 8 nitrogen and oxygen atoms in total. The number of piperidine rings is 1. The molecule has 2 saturated heterocycles. The van der Waals surface area contributed by atoms with Crippen LogP contribution in [0.5, 0.6) is 0 Å². The number of likely N-dealkylation sites (N-methyl/N-ethyl adjacent to an activating group) is 1. The first-order valence-electron chi connectivity index (χ1n) is 8.26. The van der Waals surface area contributed by atoms with Gasteiger partial charge in [0.15, 0.2) is 0 Å². The predicted octanol–water partition coefficient (Wildman–Crippen LogP) is -0.0536. The Morgan fingerprint density at radius 3 is 2.83 bits per heavy atom. The van der Waals surface area contributed by atoms with Crippen molar-refractivity contribution in [1.29, 1.82) is 0 Å². The summed E-state index contributed by atoms with van der Waals surface area (Å²) in [5.74, 6) is -0.164. The molecule has 0 bridgehead atoms. The van der Waals surface area contributed by atoms with E-state index in [0.29, 0.717) is 25.4 Å². The third-order valence-corrected chi connectivity index (χ3v) is 4.80. The van der Waals surface area contributed by atoms with E-state index in [1.165, 1.54) is 0 Å². The Kier molecular flexibility index (Phi) is 4.86. The Morgan fingerprint density at radius 2 is 2.21 bits per heavy atom. The summed E-state index contributed by atoms with van der Waals surface area (Å²) in [4.78, 5) is 25.5. The molecule has 2 amide bonds. The Balaban J connectivity index is 1.50. The molecule has 2 fully saturated rings. The van der Waals surface area contributed by atoms with E-state index in [1.54, 1.807) is 31.0 Å². The number of rotatable bonds is 4. The van der Waals surface area contributed by atoms with Crippen LogP contribution in [0.1, 0.15) is 29.8 Å². The average Bonchev–Trinajstić information content (AvgIpc) is 3.19. The van der Waals surface area contributed by atoms with Crippen molar-refractivity contribution in [2.24, 2.45) is 7.05 Å². The zero-order valence-corrected chi connectivity index (χ0v) is 14.2. The van der Waals surface area contributed by atoms with Crippen LogP contribution in [-0.4, -0.2) is 71.6 Å². The largest absolute Gasteiger partial charge is 0.372 e. The molecule has 0 unspecified atom stereocenters. The highest BCUT2D eigenvalue weighted by molar-refractivity contribution is 5.92. The van der Waals surface area contributed by atoms with Crippen molar-refractivity contribution in [3.63, 3.8) is 0 Å². The third-order valence-electron chi connectivity index (χ3n) is 4.80. The van der Waals surface area contributed by atoms with Crippen LogP contribution in [0.2, 0.25) is 0 Å². The van der Waals surface area contributed by atoms with Gasteiger partial charge in [-0.05, 0) is 18.9 Å². The Labute approximate surface area is 141 Å². The number of aromatic nitrogens is 2. The van der Waals surface area contributed by atoms with Crippen molar-refractivity contribution in [2.75, 3.05) is 33.4 Å². The predicted molar refractivity (Wildman–Crippen MR) is 85.5 cm³/mol. The smallest absolute Gasteiger partial charge is 0.274 e. The van der Waals surface area contributed by atoms with Crippen LogP contribution >= 0.6 is 0 Å². The number of ether oxygens (including phenoxy) is 2. The molecule has 0 saturated carbocycles. The fraction of sp³-hybridized carbons (Fsp3) is 0.688. The molecule has 2 aliphatic heterocycles. The molecule has 1 N–H and O–H groups in total. The van der Waals surface area contributed by atoms with Gasteiger partial charge in [-0.25, -0.2) is 0 Å². The summed E-state index contributed by atoms with van der Waals surface area (Å²) in [5, 5.41) is 6.71. The first-order chi connectivity index (χ1) is 11.5. The van der Waals surface area contributed by atoms with E-state index in [9.17, 15) is 9.59 Å². The molecule has 1 atom stereocenters. The molecular formula is C16H24N4O4. The Morgan fingerprint density at radius 1 is 1.46 bits per heavy atom. The normalized spacial score (nSPS) is 22.8. The van der Waals surface area contributed by atoms with Crippen molar-refractivity contribution in [3.8, 4) is 0 Å². The lowest BCUT2D eigenvalue weighted by molar-refractivity contribution is -0.127. The third kappa shape index (κ3) is 3.59. The topological polar surface area (TPSA) is 85.7 Å². The number of aryl methyl sites for hydroxylation is 1. The first kappa shape index (κ1) is 16.9. The average molecular weight is 336 g/mol. The summed E-state index contributed by atoms with van der Waals surface area (Å²) in [6.45, 7) is 1.87. The van der Waals surface area contributed by atoms with Crippen LogP contribution < -0.4 is 5.32 Å². The summed E-state index contributed by atoms with van der Waals surface area (Å²) in [5.41, 5.74) is 0.251. The van der Waals surface area contributed by atoms with Gasteiger partial charge < -0.3 is 19.7 Å². The number of hydrogen-bond donors (Lipinski definition) is 1. The highest BCUT2D eigenvalue weighted by atomic mass is 16.6. The molecule has 24 heavy (non-hydrogen) atoms. The maximum Gasteiger partial charge on any atom is 0.274 e. The number of hydrogen-bond acceptors (Lipinski definition) is 5. The van der Waals surface area contributed by atoms with E-state index in [1.807, 2.05) is 4.90 Å². The fourth-order valence-corrected chi connectivity index (χ4v) is 3.33. The minimum atomic E-state index is -0.228. The van der Waals surface area contributed by atoms with Crippen molar-refractivity contribution in [1.82, 2.24) is 20.0 Å². The monoisotopic (exact) mass is 336 g/mol. The first-order valence-corrected chi connectivity index (χ1v) is 8.26. The molecule has 1 aromatic heterocycles. The molecule has 0 aromatic carbocycles. The standard InChI is InChI=1S/C16H24N4O4/c1-17-14(21)11-23-12-9-16(24-10-12)4-7-20(8-5-16)15(22)13-3-6-19(2)18-13/h3,6,12H,4-5,7-11H2,1-2H3,(H,17,21)/t12-/m1/s1. The highest BCUT2D eigenvalue weighted by Crippen LogP contribution is 2.37. The SMILES string of the molecule is CNC(=O)CO[C@H]1COC2(CCN(C(=O)c3ccn(C)n3)CC2)C1. The summed E-state index contributed by atoms with van der Waals surface area (Å²) < 4.78 is 13.2. The number of nitrogens with zero attached hydrogens (tertiary/aromatic N) is 3. The second-order valence-corrected chi connectivity index (χ2v) is 6.47. The van der Waals surface area contributed by atoms with Gasteiger partial charge in [0, 0.05) is 39.8 Å². The zero-order chi connectivity index (χ0) is 17.2. The van der Waals surface area contributed by atoms with E-state index >= 15 is 0 Å². The minimum Gasteiger partial charge on any atom is -0.372 e. The Bertz CT molecular complexity index is 607. The number of nitrogens with one attached hydrogen (secondary N) is 1.